The van der Waals surface area contributed by atoms with E-state index in [2.05, 4.69) is 41.8 Å². The summed E-state index contributed by atoms with van der Waals surface area (Å²) in [5, 5.41) is 0.182. The molecule has 0 saturated heterocycles. The normalized spacial score (nSPS) is 10.2. The number of nitrogens with zero attached hydrogens (tertiary/aromatic N) is 2. The molecule has 0 N–H and O–H groups in total. The molecule has 2 rings (SSSR count). The number of benzene rings is 1. The molecule has 0 saturated carbocycles. The highest BCUT2D eigenvalue weighted by atomic mass is 79.9. The maximum absolute atomic E-state index is 5.92. The maximum Gasteiger partial charge on any atom is 0.267 e. The Morgan fingerprint density at radius 3 is 2.30 bits per heavy atom. The third-order valence-corrected chi connectivity index (χ3v) is 3.85. The Morgan fingerprint density at radius 1 is 1.00 bits per heavy atom. The number of hydrogen-bond donors (Lipinski definition) is 0. The summed E-state index contributed by atoms with van der Waals surface area (Å²) in [4.78, 5) is 7.84. The van der Waals surface area contributed by atoms with Crippen LogP contribution in [0.25, 0.3) is 0 Å². The van der Waals surface area contributed by atoms with Crippen molar-refractivity contribution in [2.45, 2.75) is 0 Å². The van der Waals surface area contributed by atoms with Crippen LogP contribution in [0.3, 0.4) is 0 Å². The van der Waals surface area contributed by atoms with Crippen LogP contribution in [0.15, 0.2) is 27.4 Å². The first-order valence-electron chi connectivity index (χ1n) is 5.32. The Kier molecular flexibility index (Phi) is 5.06. The summed E-state index contributed by atoms with van der Waals surface area (Å²) in [7, 11) is 3.05. The zero-order chi connectivity index (χ0) is 14.7. The van der Waals surface area contributed by atoms with Crippen LogP contribution in [0.2, 0.25) is 5.15 Å². The van der Waals surface area contributed by atoms with Crippen LogP contribution in [-0.4, -0.2) is 24.2 Å². The van der Waals surface area contributed by atoms with E-state index < -0.39 is 0 Å². The second kappa shape index (κ2) is 6.60. The van der Waals surface area contributed by atoms with Crippen molar-refractivity contribution < 1.29 is 14.2 Å². The Balaban J connectivity index is 2.40. The molecule has 0 fully saturated rings. The summed E-state index contributed by atoms with van der Waals surface area (Å²) in [5.41, 5.74) is 0. The highest BCUT2D eigenvalue weighted by Crippen LogP contribution is 2.40. The van der Waals surface area contributed by atoms with Gasteiger partial charge in [-0.1, -0.05) is 11.6 Å². The lowest BCUT2D eigenvalue weighted by Gasteiger charge is -2.12. The highest BCUT2D eigenvalue weighted by molar-refractivity contribution is 9.11. The Labute approximate surface area is 137 Å². The van der Waals surface area contributed by atoms with Gasteiger partial charge < -0.3 is 14.2 Å². The quantitative estimate of drug-likeness (QED) is 0.678. The van der Waals surface area contributed by atoms with E-state index in [-0.39, 0.29) is 16.8 Å². The molecular weight excluding hydrogens is 415 g/mol. The van der Waals surface area contributed by atoms with E-state index in [1.165, 1.54) is 13.4 Å². The molecule has 0 radical (unpaired) electrons. The number of rotatable bonds is 4. The lowest BCUT2D eigenvalue weighted by Crippen LogP contribution is -1.96. The predicted octanol–water partition coefficient (Wildman–Crippen LogP) is 4.46. The molecule has 0 atom stereocenters. The van der Waals surface area contributed by atoms with E-state index >= 15 is 0 Å². The van der Waals surface area contributed by atoms with Gasteiger partial charge in [-0.2, -0.15) is 4.98 Å². The van der Waals surface area contributed by atoms with Crippen LogP contribution in [0.5, 0.6) is 23.1 Å². The molecule has 20 heavy (non-hydrogen) atoms. The van der Waals surface area contributed by atoms with Gasteiger partial charge in [0.2, 0.25) is 5.75 Å². The monoisotopic (exact) mass is 422 g/mol. The van der Waals surface area contributed by atoms with Crippen molar-refractivity contribution in [3.63, 3.8) is 0 Å². The van der Waals surface area contributed by atoms with Crippen LogP contribution in [0.1, 0.15) is 0 Å². The van der Waals surface area contributed by atoms with E-state index in [0.29, 0.717) is 16.0 Å². The molecule has 2 aromatic rings. The largest absolute Gasteiger partial charge is 0.496 e. The molecule has 5 nitrogen and oxygen atoms in total. The molecule has 1 heterocycles. The smallest absolute Gasteiger partial charge is 0.267 e. The first-order valence-corrected chi connectivity index (χ1v) is 7.28. The summed E-state index contributed by atoms with van der Waals surface area (Å²) in [6.07, 6.45) is 1.30. The number of aromatic nitrogens is 2. The third-order valence-electron chi connectivity index (χ3n) is 2.34. The number of methoxy groups -OCH3 is 2. The third kappa shape index (κ3) is 3.16. The summed E-state index contributed by atoms with van der Waals surface area (Å²) in [6, 6.07) is 3.52. The van der Waals surface area contributed by atoms with Crippen molar-refractivity contribution >= 4 is 43.5 Å². The maximum atomic E-state index is 5.92. The van der Waals surface area contributed by atoms with Gasteiger partial charge >= 0.3 is 0 Å². The molecule has 0 amide bonds. The first-order chi connectivity index (χ1) is 9.56. The Hall–Kier alpha value is -1.05. The minimum Gasteiger partial charge on any atom is -0.496 e. The van der Waals surface area contributed by atoms with Crippen molar-refractivity contribution in [1.29, 1.82) is 0 Å². The van der Waals surface area contributed by atoms with Gasteiger partial charge in [0.15, 0.2) is 5.15 Å². The van der Waals surface area contributed by atoms with E-state index in [4.69, 9.17) is 25.8 Å². The second-order valence-electron chi connectivity index (χ2n) is 3.52. The molecule has 0 bridgehead atoms. The zero-order valence-electron chi connectivity index (χ0n) is 10.5. The van der Waals surface area contributed by atoms with Crippen molar-refractivity contribution in [2.75, 3.05) is 14.2 Å². The fourth-order valence-electron chi connectivity index (χ4n) is 1.43. The van der Waals surface area contributed by atoms with Crippen LogP contribution in [-0.2, 0) is 0 Å². The number of halogens is 3. The van der Waals surface area contributed by atoms with E-state index in [0.717, 1.165) is 4.47 Å². The Bertz CT molecular complexity index is 640. The lowest BCUT2D eigenvalue weighted by molar-refractivity contribution is 0.365. The van der Waals surface area contributed by atoms with Crippen molar-refractivity contribution in [3.05, 3.63) is 32.6 Å². The van der Waals surface area contributed by atoms with Gasteiger partial charge in [0.05, 0.1) is 23.2 Å². The van der Waals surface area contributed by atoms with Crippen molar-refractivity contribution in [3.8, 4) is 23.1 Å². The van der Waals surface area contributed by atoms with E-state index in [9.17, 15) is 0 Å². The van der Waals surface area contributed by atoms with Crippen LogP contribution < -0.4 is 14.2 Å². The zero-order valence-corrected chi connectivity index (χ0v) is 14.4. The van der Waals surface area contributed by atoms with Crippen molar-refractivity contribution in [2.24, 2.45) is 0 Å². The lowest BCUT2D eigenvalue weighted by atomic mass is 10.3. The summed E-state index contributed by atoms with van der Waals surface area (Å²) in [6.45, 7) is 0. The molecule has 1 aromatic carbocycles. The van der Waals surface area contributed by atoms with Crippen LogP contribution in [0, 0.1) is 0 Å². The van der Waals surface area contributed by atoms with Crippen LogP contribution >= 0.6 is 43.5 Å². The molecule has 0 aliphatic heterocycles. The van der Waals surface area contributed by atoms with Gasteiger partial charge in [0.1, 0.15) is 17.8 Å². The van der Waals surface area contributed by atoms with Crippen LogP contribution in [0.4, 0.5) is 0 Å². The summed E-state index contributed by atoms with van der Waals surface area (Å²) >= 11 is 12.7. The fourth-order valence-corrected chi connectivity index (χ4v) is 2.52. The standard InChI is InChI=1S/C12H9Br2ClN2O3/c1-18-8-3-7(14)9(4-6(8)13)20-12-10(19-2)11(15)16-5-17-12/h3-5H,1-2H3. The van der Waals surface area contributed by atoms with E-state index in [1.54, 1.807) is 19.2 Å². The molecule has 0 aliphatic carbocycles. The Morgan fingerprint density at radius 2 is 1.65 bits per heavy atom. The number of hydrogen-bond acceptors (Lipinski definition) is 5. The molecule has 1 aromatic heterocycles. The molecular formula is C12H9Br2ClN2O3. The molecule has 0 aliphatic rings. The van der Waals surface area contributed by atoms with Gasteiger partial charge in [0.25, 0.3) is 5.88 Å². The van der Waals surface area contributed by atoms with E-state index in [1.807, 2.05) is 0 Å². The second-order valence-corrected chi connectivity index (χ2v) is 5.59. The average Bonchev–Trinajstić information content (AvgIpc) is 2.42. The van der Waals surface area contributed by atoms with Gasteiger partial charge in [-0.3, -0.25) is 0 Å². The minimum absolute atomic E-state index is 0.182. The van der Waals surface area contributed by atoms with Crippen molar-refractivity contribution in [1.82, 2.24) is 9.97 Å². The predicted molar refractivity (Wildman–Crippen MR) is 82.1 cm³/mol. The number of ether oxygens (including phenoxy) is 3. The highest BCUT2D eigenvalue weighted by Gasteiger charge is 2.15. The van der Waals surface area contributed by atoms with Gasteiger partial charge in [-0.15, -0.1) is 0 Å². The summed E-state index contributed by atoms with van der Waals surface area (Å²) in [5.74, 6) is 1.71. The van der Waals surface area contributed by atoms with Gasteiger partial charge in [0, 0.05) is 0 Å². The van der Waals surface area contributed by atoms with Gasteiger partial charge in [-0.25, -0.2) is 4.98 Å². The topological polar surface area (TPSA) is 53.5 Å². The molecule has 8 heteroatoms. The summed E-state index contributed by atoms with van der Waals surface area (Å²) < 4.78 is 17.5. The minimum atomic E-state index is 0.182. The molecule has 0 spiro atoms. The molecule has 0 unspecified atom stereocenters. The SMILES string of the molecule is COc1cc(Br)c(Oc2ncnc(Cl)c2OC)cc1Br. The average molecular weight is 424 g/mol. The first kappa shape index (κ1) is 15.3. The molecule has 106 valence electrons. The van der Waals surface area contributed by atoms with Gasteiger partial charge in [-0.05, 0) is 44.0 Å². The fraction of sp³-hybridized carbons (Fsp3) is 0.167.